The molecule has 1 aromatic rings. The van der Waals surface area contributed by atoms with Crippen LogP contribution in [-0.4, -0.2) is 22.6 Å². The molecule has 0 unspecified atom stereocenters. The predicted octanol–water partition coefficient (Wildman–Crippen LogP) is 3.22. The van der Waals surface area contributed by atoms with Crippen LogP contribution in [0.2, 0.25) is 0 Å². The molecule has 5 heteroatoms. The van der Waals surface area contributed by atoms with Crippen LogP contribution in [0.15, 0.2) is 6.20 Å². The fourth-order valence-electron chi connectivity index (χ4n) is 2.33. The topological polar surface area (TPSA) is 62.2 Å². The van der Waals surface area contributed by atoms with Crippen molar-refractivity contribution in [1.82, 2.24) is 4.98 Å². The molecule has 1 aromatic heterocycles. The number of carboxylic acid groups (broad SMARTS) is 1. The molecule has 4 nitrogen and oxygen atoms in total. The molecule has 2 N–H and O–H groups in total. The number of nitrogens with one attached hydrogen (secondary N) is 1. The van der Waals surface area contributed by atoms with Crippen molar-refractivity contribution in [3.63, 3.8) is 0 Å². The van der Waals surface area contributed by atoms with Crippen molar-refractivity contribution in [3.8, 4) is 0 Å². The highest BCUT2D eigenvalue weighted by atomic mass is 32.1. The number of aromatic nitrogens is 1. The molecule has 0 amide bonds. The van der Waals surface area contributed by atoms with Crippen molar-refractivity contribution in [2.24, 2.45) is 5.41 Å². The van der Waals surface area contributed by atoms with Gasteiger partial charge in [-0.1, -0.05) is 37.5 Å². The Balaban J connectivity index is 1.90. The van der Waals surface area contributed by atoms with Crippen LogP contribution in [0.1, 0.15) is 48.7 Å². The molecule has 1 aliphatic carbocycles. The highest BCUT2D eigenvalue weighted by Gasteiger charge is 2.26. The monoisotopic (exact) mass is 254 g/mol. The van der Waals surface area contributed by atoms with E-state index in [4.69, 9.17) is 5.11 Å². The van der Waals surface area contributed by atoms with Crippen molar-refractivity contribution < 1.29 is 9.90 Å². The van der Waals surface area contributed by atoms with Crippen LogP contribution in [0.5, 0.6) is 0 Å². The lowest BCUT2D eigenvalue weighted by Crippen LogP contribution is -2.28. The molecule has 94 valence electrons. The summed E-state index contributed by atoms with van der Waals surface area (Å²) in [6, 6.07) is 0. The molecule has 0 bridgehead atoms. The molecule has 2 rings (SSSR count). The molecule has 1 heterocycles. The quantitative estimate of drug-likeness (QED) is 0.866. The average Bonchev–Trinajstić information content (AvgIpc) is 2.76. The number of carbonyl (C=O) groups is 1. The molecule has 0 radical (unpaired) electrons. The van der Waals surface area contributed by atoms with Gasteiger partial charge < -0.3 is 10.4 Å². The SMILES string of the molecule is CC1(CNc2ncc(C(=O)O)s2)CCCCC1. The van der Waals surface area contributed by atoms with Crippen LogP contribution in [0, 0.1) is 5.41 Å². The highest BCUT2D eigenvalue weighted by Crippen LogP contribution is 2.36. The Morgan fingerprint density at radius 1 is 1.53 bits per heavy atom. The standard InChI is InChI=1S/C12H18N2O2S/c1-12(5-3-2-4-6-12)8-14-11-13-7-9(17-11)10(15)16/h7H,2-6,8H2,1H3,(H,13,14)(H,15,16). The molecule has 0 aliphatic heterocycles. The van der Waals surface area contributed by atoms with E-state index < -0.39 is 5.97 Å². The van der Waals surface area contributed by atoms with Gasteiger partial charge in [0, 0.05) is 6.54 Å². The molecule has 0 spiro atoms. The van der Waals surface area contributed by atoms with Gasteiger partial charge in [-0.3, -0.25) is 0 Å². The molecular formula is C12H18N2O2S. The first-order chi connectivity index (χ1) is 8.09. The van der Waals surface area contributed by atoms with Gasteiger partial charge in [0.1, 0.15) is 4.88 Å². The van der Waals surface area contributed by atoms with Crippen LogP contribution in [0.4, 0.5) is 5.13 Å². The van der Waals surface area contributed by atoms with Crippen molar-refractivity contribution >= 4 is 22.4 Å². The second-order valence-corrected chi connectivity index (χ2v) is 6.09. The summed E-state index contributed by atoms with van der Waals surface area (Å²) in [5, 5.41) is 12.8. The number of hydrogen-bond donors (Lipinski definition) is 2. The number of nitrogens with zero attached hydrogens (tertiary/aromatic N) is 1. The summed E-state index contributed by atoms with van der Waals surface area (Å²) in [5.74, 6) is -0.903. The molecule has 0 atom stereocenters. The summed E-state index contributed by atoms with van der Waals surface area (Å²) in [7, 11) is 0. The summed E-state index contributed by atoms with van der Waals surface area (Å²) >= 11 is 1.21. The van der Waals surface area contributed by atoms with E-state index >= 15 is 0 Å². The van der Waals surface area contributed by atoms with Crippen molar-refractivity contribution in [2.75, 3.05) is 11.9 Å². The molecule has 0 saturated heterocycles. The van der Waals surface area contributed by atoms with Crippen LogP contribution in [0.3, 0.4) is 0 Å². The van der Waals surface area contributed by atoms with Gasteiger partial charge in [-0.2, -0.15) is 0 Å². The van der Waals surface area contributed by atoms with Crippen molar-refractivity contribution in [1.29, 1.82) is 0 Å². The summed E-state index contributed by atoms with van der Waals surface area (Å²) in [5.41, 5.74) is 0.341. The number of carboxylic acids is 1. The van der Waals surface area contributed by atoms with E-state index in [1.54, 1.807) is 0 Å². The Kier molecular flexibility index (Phi) is 3.66. The normalized spacial score (nSPS) is 18.9. The lowest BCUT2D eigenvalue weighted by Gasteiger charge is -2.33. The van der Waals surface area contributed by atoms with Gasteiger partial charge in [0.25, 0.3) is 0 Å². The fraction of sp³-hybridized carbons (Fsp3) is 0.667. The number of anilines is 1. The second-order valence-electron chi connectivity index (χ2n) is 5.06. The van der Waals surface area contributed by atoms with Crippen molar-refractivity contribution in [2.45, 2.75) is 39.0 Å². The predicted molar refractivity (Wildman–Crippen MR) is 68.8 cm³/mol. The Morgan fingerprint density at radius 2 is 2.24 bits per heavy atom. The number of rotatable bonds is 4. The lowest BCUT2D eigenvalue weighted by atomic mass is 9.76. The second kappa shape index (κ2) is 5.04. The Labute approximate surface area is 105 Å². The maximum absolute atomic E-state index is 10.7. The van der Waals surface area contributed by atoms with Crippen LogP contribution in [0.25, 0.3) is 0 Å². The van der Waals surface area contributed by atoms with Gasteiger partial charge in [0.05, 0.1) is 6.20 Å². The first-order valence-corrected chi connectivity index (χ1v) is 6.84. The number of hydrogen-bond acceptors (Lipinski definition) is 4. The fourth-order valence-corrected chi connectivity index (χ4v) is 2.98. The maximum atomic E-state index is 10.7. The third kappa shape index (κ3) is 3.19. The Morgan fingerprint density at radius 3 is 2.82 bits per heavy atom. The van der Waals surface area contributed by atoms with E-state index in [1.807, 2.05) is 0 Å². The van der Waals surface area contributed by atoms with Crippen molar-refractivity contribution in [3.05, 3.63) is 11.1 Å². The number of thiazole rings is 1. The van der Waals surface area contributed by atoms with E-state index in [-0.39, 0.29) is 0 Å². The van der Waals surface area contributed by atoms with Gasteiger partial charge >= 0.3 is 5.97 Å². The Hall–Kier alpha value is -1.10. The van der Waals surface area contributed by atoms with Gasteiger partial charge in [-0.05, 0) is 18.3 Å². The van der Waals surface area contributed by atoms with Crippen LogP contribution in [-0.2, 0) is 0 Å². The summed E-state index contributed by atoms with van der Waals surface area (Å²) < 4.78 is 0. The summed E-state index contributed by atoms with van der Waals surface area (Å²) in [6.07, 6.45) is 7.86. The third-order valence-electron chi connectivity index (χ3n) is 3.44. The third-order valence-corrected chi connectivity index (χ3v) is 4.39. The van der Waals surface area contributed by atoms with Crippen LogP contribution < -0.4 is 5.32 Å². The minimum Gasteiger partial charge on any atom is -0.477 e. The van der Waals surface area contributed by atoms with E-state index in [0.717, 1.165) is 6.54 Å². The van der Waals surface area contributed by atoms with E-state index in [1.165, 1.54) is 49.6 Å². The first kappa shape index (κ1) is 12.4. The molecular weight excluding hydrogens is 236 g/mol. The molecule has 1 aliphatic rings. The van der Waals surface area contributed by atoms with Gasteiger partial charge in [-0.25, -0.2) is 9.78 Å². The zero-order chi connectivity index (χ0) is 12.3. The summed E-state index contributed by atoms with van der Waals surface area (Å²) in [6.45, 7) is 3.18. The lowest BCUT2D eigenvalue weighted by molar-refractivity contribution is 0.0702. The molecule has 1 saturated carbocycles. The van der Waals surface area contributed by atoms with E-state index in [9.17, 15) is 4.79 Å². The average molecular weight is 254 g/mol. The minimum absolute atomic E-state index is 0.293. The zero-order valence-electron chi connectivity index (χ0n) is 10.0. The maximum Gasteiger partial charge on any atom is 0.347 e. The summed E-state index contributed by atoms with van der Waals surface area (Å²) in [4.78, 5) is 15.1. The van der Waals surface area contributed by atoms with Gasteiger partial charge in [0.2, 0.25) is 0 Å². The zero-order valence-corrected chi connectivity index (χ0v) is 10.8. The van der Waals surface area contributed by atoms with E-state index in [0.29, 0.717) is 15.4 Å². The van der Waals surface area contributed by atoms with Gasteiger partial charge in [-0.15, -0.1) is 0 Å². The van der Waals surface area contributed by atoms with Crippen LogP contribution >= 0.6 is 11.3 Å². The highest BCUT2D eigenvalue weighted by molar-refractivity contribution is 7.17. The first-order valence-electron chi connectivity index (χ1n) is 6.02. The Bertz CT molecular complexity index is 397. The van der Waals surface area contributed by atoms with Gasteiger partial charge in [0.15, 0.2) is 5.13 Å². The smallest absolute Gasteiger partial charge is 0.347 e. The molecule has 1 fully saturated rings. The minimum atomic E-state index is -0.903. The number of aromatic carboxylic acids is 1. The molecule has 17 heavy (non-hydrogen) atoms. The van der Waals surface area contributed by atoms with E-state index in [2.05, 4.69) is 17.2 Å². The largest absolute Gasteiger partial charge is 0.477 e. The molecule has 0 aromatic carbocycles.